The Morgan fingerprint density at radius 3 is 2.48 bits per heavy atom. The van der Waals surface area contributed by atoms with E-state index in [4.69, 9.17) is 5.11 Å². The highest BCUT2D eigenvalue weighted by Crippen LogP contribution is 2.40. The normalized spacial score (nSPS) is 32.0. The van der Waals surface area contributed by atoms with Crippen molar-refractivity contribution in [3.8, 4) is 0 Å². The summed E-state index contributed by atoms with van der Waals surface area (Å²) in [6, 6.07) is 0.681. The van der Waals surface area contributed by atoms with Crippen LogP contribution in [0.25, 0.3) is 0 Å². The molecule has 0 aliphatic carbocycles. The lowest BCUT2D eigenvalue weighted by molar-refractivity contribution is -0.138. The second-order valence-electron chi connectivity index (χ2n) is 6.76. The minimum absolute atomic E-state index is 0.167. The maximum Gasteiger partial charge on any atom is 0.320 e. The van der Waals surface area contributed by atoms with Gasteiger partial charge in [-0.05, 0) is 44.9 Å². The Bertz CT molecular complexity index is 460. The average Bonchev–Trinajstić information content (AvgIpc) is 2.70. The molecule has 3 aliphatic rings. The van der Waals surface area contributed by atoms with Gasteiger partial charge in [-0.25, -0.2) is 4.79 Å². The van der Waals surface area contributed by atoms with Crippen LogP contribution in [0.4, 0.5) is 4.79 Å². The molecule has 1 N–H and O–H groups in total. The molecule has 2 bridgehead atoms. The predicted octanol–water partition coefficient (Wildman–Crippen LogP) is 2.48. The fourth-order valence-corrected chi connectivity index (χ4v) is 4.12. The van der Waals surface area contributed by atoms with Gasteiger partial charge in [-0.3, -0.25) is 4.79 Å². The summed E-state index contributed by atoms with van der Waals surface area (Å²) in [4.78, 5) is 27.7. The van der Waals surface area contributed by atoms with Crippen LogP contribution in [0.15, 0.2) is 11.6 Å². The van der Waals surface area contributed by atoms with E-state index in [1.807, 2.05) is 4.90 Å². The van der Waals surface area contributed by atoms with E-state index in [9.17, 15) is 9.59 Å². The standard InChI is InChI=1S/C16H24N2O3/c1-11-4-6-17(7-5-11)16(21)18-13-2-3-14(18)9-12(8-13)10-15(19)20/h4,12-14H,2-3,5-10H2,1H3,(H,19,20). The van der Waals surface area contributed by atoms with Gasteiger partial charge in [0.25, 0.3) is 0 Å². The Kier molecular flexibility index (Phi) is 3.91. The number of carboxylic acid groups (broad SMARTS) is 1. The topological polar surface area (TPSA) is 60.9 Å². The van der Waals surface area contributed by atoms with Gasteiger partial charge in [-0.1, -0.05) is 11.6 Å². The molecule has 2 amide bonds. The molecular formula is C16H24N2O3. The van der Waals surface area contributed by atoms with Crippen LogP contribution in [0.2, 0.25) is 0 Å². The zero-order valence-electron chi connectivity index (χ0n) is 12.6. The van der Waals surface area contributed by atoms with E-state index in [2.05, 4.69) is 17.9 Å². The molecule has 2 atom stereocenters. The number of piperidine rings is 1. The van der Waals surface area contributed by atoms with E-state index in [0.717, 1.165) is 45.2 Å². The fourth-order valence-electron chi connectivity index (χ4n) is 4.12. The SMILES string of the molecule is CC1=CCN(C(=O)N2C3CCC2CC(CC(=O)O)C3)CC1. The number of urea groups is 1. The monoisotopic (exact) mass is 292 g/mol. The van der Waals surface area contributed by atoms with Crippen molar-refractivity contribution in [1.29, 1.82) is 0 Å². The Balaban J connectivity index is 1.65. The molecule has 5 nitrogen and oxygen atoms in total. The first kappa shape index (κ1) is 14.4. The van der Waals surface area contributed by atoms with Gasteiger partial charge < -0.3 is 14.9 Å². The zero-order chi connectivity index (χ0) is 15.0. The molecule has 3 aliphatic heterocycles. The van der Waals surface area contributed by atoms with Crippen molar-refractivity contribution in [2.24, 2.45) is 5.92 Å². The Morgan fingerprint density at radius 1 is 1.29 bits per heavy atom. The number of nitrogens with zero attached hydrogens (tertiary/aromatic N) is 2. The summed E-state index contributed by atoms with van der Waals surface area (Å²) in [5.74, 6) is -0.469. The lowest BCUT2D eigenvalue weighted by Gasteiger charge is -2.41. The van der Waals surface area contributed by atoms with Crippen LogP contribution in [0, 0.1) is 5.92 Å². The largest absolute Gasteiger partial charge is 0.481 e. The van der Waals surface area contributed by atoms with Crippen molar-refractivity contribution < 1.29 is 14.7 Å². The molecule has 21 heavy (non-hydrogen) atoms. The Morgan fingerprint density at radius 2 is 1.95 bits per heavy atom. The smallest absolute Gasteiger partial charge is 0.320 e. The van der Waals surface area contributed by atoms with Gasteiger partial charge in [-0.15, -0.1) is 0 Å². The summed E-state index contributed by atoms with van der Waals surface area (Å²) in [6.45, 7) is 3.65. The number of carbonyl (C=O) groups is 2. The van der Waals surface area contributed by atoms with Gasteiger partial charge in [0.05, 0.1) is 0 Å². The number of hydrogen-bond donors (Lipinski definition) is 1. The van der Waals surface area contributed by atoms with Gasteiger partial charge >= 0.3 is 12.0 Å². The molecule has 2 unspecified atom stereocenters. The molecule has 0 saturated carbocycles. The van der Waals surface area contributed by atoms with Crippen molar-refractivity contribution in [2.45, 2.75) is 57.5 Å². The average molecular weight is 292 g/mol. The number of hydrogen-bond acceptors (Lipinski definition) is 2. The molecule has 5 heteroatoms. The van der Waals surface area contributed by atoms with Gasteiger partial charge in [-0.2, -0.15) is 0 Å². The highest BCUT2D eigenvalue weighted by atomic mass is 16.4. The predicted molar refractivity (Wildman–Crippen MR) is 79.0 cm³/mol. The third kappa shape index (κ3) is 2.92. The fraction of sp³-hybridized carbons (Fsp3) is 0.750. The lowest BCUT2D eigenvalue weighted by atomic mass is 9.88. The minimum atomic E-state index is -0.712. The summed E-state index contributed by atoms with van der Waals surface area (Å²) in [5.41, 5.74) is 1.36. The Hall–Kier alpha value is -1.52. The number of aliphatic carboxylic acids is 1. The van der Waals surface area contributed by atoms with Gasteiger partial charge in [0.15, 0.2) is 0 Å². The summed E-state index contributed by atoms with van der Waals surface area (Å²) < 4.78 is 0. The van der Waals surface area contributed by atoms with E-state index >= 15 is 0 Å². The van der Waals surface area contributed by atoms with E-state index < -0.39 is 5.97 Å². The van der Waals surface area contributed by atoms with Crippen LogP contribution >= 0.6 is 0 Å². The molecule has 2 fully saturated rings. The second kappa shape index (κ2) is 5.70. The molecule has 0 radical (unpaired) electrons. The first-order valence-electron chi connectivity index (χ1n) is 7.99. The molecular weight excluding hydrogens is 268 g/mol. The van der Waals surface area contributed by atoms with Gasteiger partial charge in [0.2, 0.25) is 0 Å². The zero-order valence-corrected chi connectivity index (χ0v) is 12.6. The highest BCUT2D eigenvalue weighted by molar-refractivity contribution is 5.76. The first-order valence-corrected chi connectivity index (χ1v) is 7.99. The highest BCUT2D eigenvalue weighted by Gasteiger charge is 2.44. The maximum absolute atomic E-state index is 12.8. The molecule has 0 aromatic carbocycles. The summed E-state index contributed by atoms with van der Waals surface area (Å²) in [7, 11) is 0. The number of carbonyl (C=O) groups excluding carboxylic acids is 1. The third-order valence-electron chi connectivity index (χ3n) is 5.22. The van der Waals surface area contributed by atoms with Crippen LogP contribution in [0.5, 0.6) is 0 Å². The van der Waals surface area contributed by atoms with E-state index in [0.29, 0.717) is 0 Å². The van der Waals surface area contributed by atoms with Crippen molar-refractivity contribution >= 4 is 12.0 Å². The summed E-state index contributed by atoms with van der Waals surface area (Å²) in [5, 5.41) is 8.97. The first-order chi connectivity index (χ1) is 10.0. The van der Waals surface area contributed by atoms with E-state index in [1.54, 1.807) is 0 Å². The van der Waals surface area contributed by atoms with Crippen LogP contribution in [-0.2, 0) is 4.79 Å². The number of amides is 2. The molecule has 3 heterocycles. The molecule has 3 rings (SSSR count). The third-order valence-corrected chi connectivity index (χ3v) is 5.22. The minimum Gasteiger partial charge on any atom is -0.481 e. The van der Waals surface area contributed by atoms with Gasteiger partial charge in [0.1, 0.15) is 0 Å². The second-order valence-corrected chi connectivity index (χ2v) is 6.76. The lowest BCUT2D eigenvalue weighted by Crippen LogP contribution is -2.53. The van der Waals surface area contributed by atoms with Crippen LogP contribution in [0.3, 0.4) is 0 Å². The van der Waals surface area contributed by atoms with Crippen molar-refractivity contribution in [2.75, 3.05) is 13.1 Å². The van der Waals surface area contributed by atoms with Crippen LogP contribution < -0.4 is 0 Å². The number of rotatable bonds is 2. The Labute approximate surface area is 125 Å². The molecule has 116 valence electrons. The quantitative estimate of drug-likeness (QED) is 0.795. The number of fused-ring (bicyclic) bond motifs is 2. The molecule has 0 spiro atoms. The number of carboxylic acids is 1. The molecule has 2 saturated heterocycles. The van der Waals surface area contributed by atoms with Crippen LogP contribution in [-0.4, -0.2) is 52.1 Å². The van der Waals surface area contributed by atoms with E-state index in [1.165, 1.54) is 5.57 Å². The molecule has 0 aromatic heterocycles. The summed E-state index contributed by atoms with van der Waals surface area (Å²) in [6.07, 6.45) is 7.15. The van der Waals surface area contributed by atoms with Gasteiger partial charge in [0, 0.05) is 31.6 Å². The van der Waals surface area contributed by atoms with E-state index in [-0.39, 0.29) is 30.5 Å². The van der Waals surface area contributed by atoms with Crippen molar-refractivity contribution in [3.05, 3.63) is 11.6 Å². The van der Waals surface area contributed by atoms with Crippen molar-refractivity contribution in [1.82, 2.24) is 9.80 Å². The van der Waals surface area contributed by atoms with Crippen LogP contribution in [0.1, 0.15) is 45.4 Å². The van der Waals surface area contributed by atoms with Crippen molar-refractivity contribution in [3.63, 3.8) is 0 Å². The maximum atomic E-state index is 12.8. The summed E-state index contributed by atoms with van der Waals surface area (Å²) >= 11 is 0. The molecule has 0 aromatic rings.